The van der Waals surface area contributed by atoms with Gasteiger partial charge in [-0.05, 0) is 24.6 Å². The summed E-state index contributed by atoms with van der Waals surface area (Å²) in [6.45, 7) is 2.37. The van der Waals surface area contributed by atoms with E-state index in [1.807, 2.05) is 19.1 Å². The van der Waals surface area contributed by atoms with Crippen molar-refractivity contribution in [2.75, 3.05) is 0 Å². The average molecular weight is 250 g/mol. The lowest BCUT2D eigenvalue weighted by Crippen LogP contribution is -1.99. The highest BCUT2D eigenvalue weighted by Gasteiger charge is 2.05. The van der Waals surface area contributed by atoms with Gasteiger partial charge < -0.3 is 10.5 Å². The second-order valence-corrected chi connectivity index (χ2v) is 4.02. The molecule has 17 heavy (non-hydrogen) atoms. The molecular formula is C12H12ClN3O. The second-order valence-electron chi connectivity index (χ2n) is 3.61. The Labute approximate surface area is 104 Å². The van der Waals surface area contributed by atoms with E-state index < -0.39 is 0 Å². The number of aryl methyl sites for hydroxylation is 1. The number of nitrogens with two attached hydrogens (primary N) is 1. The van der Waals surface area contributed by atoms with Gasteiger partial charge in [0.05, 0.1) is 5.02 Å². The van der Waals surface area contributed by atoms with Crippen molar-refractivity contribution >= 4 is 11.6 Å². The Kier molecular flexibility index (Phi) is 3.56. The van der Waals surface area contributed by atoms with Gasteiger partial charge in [-0.1, -0.05) is 17.7 Å². The molecule has 0 aliphatic carbocycles. The highest BCUT2D eigenvalue weighted by Crippen LogP contribution is 2.28. The van der Waals surface area contributed by atoms with Crippen LogP contribution in [0, 0.1) is 6.92 Å². The predicted molar refractivity (Wildman–Crippen MR) is 66.2 cm³/mol. The molecule has 1 heterocycles. The van der Waals surface area contributed by atoms with Gasteiger partial charge in [0.15, 0.2) is 0 Å². The van der Waals surface area contributed by atoms with E-state index in [2.05, 4.69) is 9.97 Å². The number of ether oxygens (including phenoxy) is 1. The van der Waals surface area contributed by atoms with Gasteiger partial charge in [0.2, 0.25) is 0 Å². The molecule has 0 radical (unpaired) electrons. The lowest BCUT2D eigenvalue weighted by atomic mass is 10.2. The van der Waals surface area contributed by atoms with Crippen molar-refractivity contribution in [1.29, 1.82) is 0 Å². The largest absolute Gasteiger partial charge is 0.423 e. The third-order valence-corrected chi connectivity index (χ3v) is 2.52. The fourth-order valence-corrected chi connectivity index (χ4v) is 1.44. The first-order chi connectivity index (χ1) is 8.19. The third kappa shape index (κ3) is 2.93. The van der Waals surface area contributed by atoms with Gasteiger partial charge in [-0.25, -0.2) is 9.97 Å². The molecule has 0 spiro atoms. The number of rotatable bonds is 3. The quantitative estimate of drug-likeness (QED) is 0.909. The SMILES string of the molecule is Cc1ccc(Cl)c(Oc2ncc(CN)cn2)c1. The van der Waals surface area contributed by atoms with E-state index >= 15 is 0 Å². The Morgan fingerprint density at radius 3 is 2.65 bits per heavy atom. The number of nitrogens with zero attached hydrogens (tertiary/aromatic N) is 2. The molecule has 0 unspecified atom stereocenters. The molecule has 0 aliphatic rings. The highest BCUT2D eigenvalue weighted by atomic mass is 35.5. The molecule has 88 valence electrons. The molecule has 0 saturated carbocycles. The van der Waals surface area contributed by atoms with Crippen LogP contribution in [0.3, 0.4) is 0 Å². The summed E-state index contributed by atoms with van der Waals surface area (Å²) in [7, 11) is 0. The maximum absolute atomic E-state index is 6.00. The summed E-state index contributed by atoms with van der Waals surface area (Å²) in [6.07, 6.45) is 3.26. The summed E-state index contributed by atoms with van der Waals surface area (Å²) in [6, 6.07) is 5.78. The normalized spacial score (nSPS) is 10.3. The molecule has 0 atom stereocenters. The molecule has 0 fully saturated rings. The summed E-state index contributed by atoms with van der Waals surface area (Å²) < 4.78 is 5.49. The Balaban J connectivity index is 2.22. The lowest BCUT2D eigenvalue weighted by Gasteiger charge is -2.06. The van der Waals surface area contributed by atoms with Gasteiger partial charge in [0, 0.05) is 24.5 Å². The third-order valence-electron chi connectivity index (χ3n) is 2.21. The van der Waals surface area contributed by atoms with E-state index in [1.165, 1.54) is 0 Å². The van der Waals surface area contributed by atoms with E-state index in [9.17, 15) is 0 Å². The van der Waals surface area contributed by atoms with Crippen molar-refractivity contribution in [2.24, 2.45) is 5.73 Å². The van der Waals surface area contributed by atoms with Crippen LogP contribution in [0.15, 0.2) is 30.6 Å². The molecule has 5 heteroatoms. The summed E-state index contributed by atoms with van der Waals surface area (Å²) in [5.41, 5.74) is 7.37. The minimum Gasteiger partial charge on any atom is -0.423 e. The summed E-state index contributed by atoms with van der Waals surface area (Å²) in [4.78, 5) is 8.09. The van der Waals surface area contributed by atoms with Crippen LogP contribution < -0.4 is 10.5 Å². The minimum absolute atomic E-state index is 0.259. The molecular weight excluding hydrogens is 238 g/mol. The zero-order chi connectivity index (χ0) is 12.3. The molecule has 1 aromatic heterocycles. The van der Waals surface area contributed by atoms with Crippen molar-refractivity contribution in [3.8, 4) is 11.8 Å². The van der Waals surface area contributed by atoms with Crippen LogP contribution in [-0.4, -0.2) is 9.97 Å². The molecule has 0 aliphatic heterocycles. The Bertz CT molecular complexity index is 514. The maximum Gasteiger partial charge on any atom is 0.321 e. The zero-order valence-electron chi connectivity index (χ0n) is 9.35. The topological polar surface area (TPSA) is 61.0 Å². The van der Waals surface area contributed by atoms with E-state index in [0.717, 1.165) is 11.1 Å². The van der Waals surface area contributed by atoms with Gasteiger partial charge >= 0.3 is 6.01 Å². The molecule has 0 amide bonds. The van der Waals surface area contributed by atoms with E-state index in [4.69, 9.17) is 22.1 Å². The maximum atomic E-state index is 6.00. The van der Waals surface area contributed by atoms with E-state index in [1.54, 1.807) is 18.5 Å². The van der Waals surface area contributed by atoms with Crippen LogP contribution in [0.4, 0.5) is 0 Å². The Morgan fingerprint density at radius 2 is 2.00 bits per heavy atom. The Hall–Kier alpha value is -1.65. The minimum atomic E-state index is 0.259. The predicted octanol–water partition coefficient (Wildman–Crippen LogP) is 2.69. The van der Waals surface area contributed by atoms with Gasteiger partial charge in [-0.3, -0.25) is 0 Å². The number of halogens is 1. The van der Waals surface area contributed by atoms with Crippen molar-refractivity contribution in [1.82, 2.24) is 9.97 Å². The number of aromatic nitrogens is 2. The lowest BCUT2D eigenvalue weighted by molar-refractivity contribution is 0.441. The molecule has 4 nitrogen and oxygen atoms in total. The van der Waals surface area contributed by atoms with Gasteiger partial charge in [0.25, 0.3) is 0 Å². The van der Waals surface area contributed by atoms with Crippen molar-refractivity contribution in [3.63, 3.8) is 0 Å². The van der Waals surface area contributed by atoms with Crippen molar-refractivity contribution < 1.29 is 4.74 Å². The molecule has 2 aromatic rings. The second kappa shape index (κ2) is 5.12. The first-order valence-corrected chi connectivity index (χ1v) is 5.52. The molecule has 2 rings (SSSR count). The summed E-state index contributed by atoms with van der Waals surface area (Å²) in [5, 5.41) is 0.530. The van der Waals surface area contributed by atoms with Gasteiger partial charge in [-0.2, -0.15) is 0 Å². The first-order valence-electron chi connectivity index (χ1n) is 5.14. The van der Waals surface area contributed by atoms with Crippen LogP contribution in [0.5, 0.6) is 11.8 Å². The number of benzene rings is 1. The van der Waals surface area contributed by atoms with E-state index in [0.29, 0.717) is 17.3 Å². The van der Waals surface area contributed by atoms with Crippen LogP contribution in [0.1, 0.15) is 11.1 Å². The zero-order valence-corrected chi connectivity index (χ0v) is 10.1. The number of hydrogen-bond donors (Lipinski definition) is 1. The fraction of sp³-hybridized carbons (Fsp3) is 0.167. The highest BCUT2D eigenvalue weighted by molar-refractivity contribution is 6.32. The van der Waals surface area contributed by atoms with Gasteiger partial charge in [0.1, 0.15) is 5.75 Å². The summed E-state index contributed by atoms with van der Waals surface area (Å²) in [5.74, 6) is 0.548. The van der Waals surface area contributed by atoms with E-state index in [-0.39, 0.29) is 6.01 Å². The fourth-order valence-electron chi connectivity index (χ4n) is 1.29. The van der Waals surface area contributed by atoms with Crippen molar-refractivity contribution in [3.05, 3.63) is 46.7 Å². The molecule has 0 bridgehead atoms. The van der Waals surface area contributed by atoms with Crippen LogP contribution in [-0.2, 0) is 6.54 Å². The average Bonchev–Trinajstić information content (AvgIpc) is 2.35. The standard InChI is InChI=1S/C12H12ClN3O/c1-8-2-3-10(13)11(4-8)17-12-15-6-9(5-14)7-16-12/h2-4,6-7H,5,14H2,1H3. The summed E-state index contributed by atoms with van der Waals surface area (Å²) >= 11 is 6.00. The molecule has 1 aromatic carbocycles. The first kappa shape index (κ1) is 11.8. The van der Waals surface area contributed by atoms with Crippen LogP contribution >= 0.6 is 11.6 Å². The van der Waals surface area contributed by atoms with Crippen molar-refractivity contribution in [2.45, 2.75) is 13.5 Å². The van der Waals surface area contributed by atoms with Crippen LogP contribution in [0.2, 0.25) is 5.02 Å². The van der Waals surface area contributed by atoms with Crippen LogP contribution in [0.25, 0.3) is 0 Å². The monoisotopic (exact) mass is 249 g/mol. The molecule has 0 saturated heterocycles. The van der Waals surface area contributed by atoms with Gasteiger partial charge in [-0.15, -0.1) is 0 Å². The molecule has 2 N–H and O–H groups in total. The Morgan fingerprint density at radius 1 is 1.29 bits per heavy atom. The smallest absolute Gasteiger partial charge is 0.321 e. The number of hydrogen-bond acceptors (Lipinski definition) is 4.